The van der Waals surface area contributed by atoms with Crippen molar-refractivity contribution in [3.05, 3.63) is 0 Å². The molecule has 21 heavy (non-hydrogen) atoms. The Kier molecular flexibility index (Phi) is 9.79. The smallest absolute Gasteiger partial charge is 0.152 e. The van der Waals surface area contributed by atoms with Gasteiger partial charge in [-0.15, -0.1) is 0 Å². The first-order chi connectivity index (χ1) is 9.69. The van der Waals surface area contributed by atoms with Crippen molar-refractivity contribution < 1.29 is 8.42 Å². The first kappa shape index (κ1) is 20.9. The first-order valence-corrected chi connectivity index (χ1v) is 10.3. The predicted octanol–water partition coefficient (Wildman–Crippen LogP) is 4.03. The number of hydrogen-bond acceptors (Lipinski definition) is 3. The summed E-state index contributed by atoms with van der Waals surface area (Å²) in [5, 5.41) is 3.29. The van der Waals surface area contributed by atoms with Crippen LogP contribution in [0.1, 0.15) is 73.6 Å². The molecule has 128 valence electrons. The van der Waals surface area contributed by atoms with Crippen LogP contribution in [0.3, 0.4) is 0 Å². The van der Waals surface area contributed by atoms with Crippen LogP contribution in [-0.2, 0) is 9.84 Å². The molecule has 0 rings (SSSR count). The average molecular weight is 320 g/mol. The summed E-state index contributed by atoms with van der Waals surface area (Å²) in [6.45, 7) is 14.3. The summed E-state index contributed by atoms with van der Waals surface area (Å²) < 4.78 is 24.3. The van der Waals surface area contributed by atoms with E-state index in [1.165, 1.54) is 12.8 Å². The van der Waals surface area contributed by atoms with Gasteiger partial charge in [0.05, 0.1) is 11.0 Å². The van der Waals surface area contributed by atoms with Gasteiger partial charge >= 0.3 is 0 Å². The summed E-state index contributed by atoms with van der Waals surface area (Å²) in [7, 11) is -2.94. The third kappa shape index (κ3) is 8.20. The van der Waals surface area contributed by atoms with E-state index in [9.17, 15) is 8.42 Å². The van der Waals surface area contributed by atoms with Crippen molar-refractivity contribution in [3.8, 4) is 0 Å². The lowest BCUT2D eigenvalue weighted by Gasteiger charge is -2.34. The Balaban J connectivity index is 4.76. The van der Waals surface area contributed by atoms with Crippen molar-refractivity contribution in [1.29, 1.82) is 0 Å². The number of hydrogen-bond donors (Lipinski definition) is 1. The molecule has 0 saturated heterocycles. The van der Waals surface area contributed by atoms with Gasteiger partial charge in [-0.05, 0) is 51.0 Å². The van der Waals surface area contributed by atoms with Crippen LogP contribution in [0.15, 0.2) is 0 Å². The third-order valence-corrected chi connectivity index (χ3v) is 6.71. The van der Waals surface area contributed by atoms with Crippen LogP contribution < -0.4 is 5.32 Å². The first-order valence-electron chi connectivity index (χ1n) is 8.61. The van der Waals surface area contributed by atoms with Gasteiger partial charge in [-0.3, -0.25) is 0 Å². The zero-order valence-electron chi connectivity index (χ0n) is 15.0. The second kappa shape index (κ2) is 9.83. The van der Waals surface area contributed by atoms with Crippen molar-refractivity contribution >= 4 is 9.84 Å². The van der Waals surface area contributed by atoms with Gasteiger partial charge in [-0.1, -0.05) is 40.5 Å². The Morgan fingerprint density at radius 2 is 1.67 bits per heavy atom. The minimum absolute atomic E-state index is 0.132. The zero-order chi connectivity index (χ0) is 16.5. The molecule has 1 unspecified atom stereocenters. The predicted molar refractivity (Wildman–Crippen MR) is 93.5 cm³/mol. The van der Waals surface area contributed by atoms with Crippen molar-refractivity contribution in [2.45, 2.75) is 78.9 Å². The van der Waals surface area contributed by atoms with Gasteiger partial charge in [-0.2, -0.15) is 0 Å². The molecule has 1 atom stereocenters. The van der Waals surface area contributed by atoms with Crippen LogP contribution in [0, 0.1) is 11.3 Å². The second-order valence-electron chi connectivity index (χ2n) is 7.15. The Hall–Kier alpha value is -0.0900. The Labute approximate surface area is 133 Å². The number of unbranched alkanes of at least 4 members (excludes halogenated alkanes) is 1. The summed E-state index contributed by atoms with van der Waals surface area (Å²) >= 11 is 0. The highest BCUT2D eigenvalue weighted by Gasteiger charge is 2.30. The fourth-order valence-corrected chi connectivity index (χ4v) is 3.74. The highest BCUT2D eigenvalue weighted by Crippen LogP contribution is 2.33. The second-order valence-corrected chi connectivity index (χ2v) is 9.82. The molecule has 0 heterocycles. The van der Waals surface area contributed by atoms with Gasteiger partial charge in [0.25, 0.3) is 0 Å². The van der Waals surface area contributed by atoms with E-state index in [1.807, 2.05) is 0 Å². The van der Waals surface area contributed by atoms with Crippen LogP contribution in [0.4, 0.5) is 0 Å². The minimum atomic E-state index is -2.94. The topological polar surface area (TPSA) is 46.2 Å². The summed E-state index contributed by atoms with van der Waals surface area (Å²) in [5.41, 5.74) is 0.132. The molecule has 1 N–H and O–H groups in total. The van der Waals surface area contributed by atoms with Gasteiger partial charge in [0, 0.05) is 6.54 Å². The monoisotopic (exact) mass is 319 g/mol. The molecule has 0 saturated carbocycles. The largest absolute Gasteiger partial charge is 0.316 e. The number of nitrogens with one attached hydrogen (secondary N) is 1. The van der Waals surface area contributed by atoms with Crippen LogP contribution >= 0.6 is 0 Å². The molecule has 0 bridgehead atoms. The van der Waals surface area contributed by atoms with Crippen molar-refractivity contribution in [3.63, 3.8) is 0 Å². The maximum atomic E-state index is 12.1. The van der Waals surface area contributed by atoms with Crippen molar-refractivity contribution in [1.82, 2.24) is 5.32 Å². The quantitative estimate of drug-likeness (QED) is 0.590. The Morgan fingerprint density at radius 3 is 2.10 bits per heavy atom. The maximum Gasteiger partial charge on any atom is 0.152 e. The van der Waals surface area contributed by atoms with E-state index in [4.69, 9.17) is 0 Å². The number of rotatable bonds is 12. The minimum Gasteiger partial charge on any atom is -0.316 e. The van der Waals surface area contributed by atoms with Crippen LogP contribution in [0.5, 0.6) is 0 Å². The highest BCUT2D eigenvalue weighted by molar-refractivity contribution is 7.91. The summed E-state index contributed by atoms with van der Waals surface area (Å²) in [4.78, 5) is 0. The van der Waals surface area contributed by atoms with Crippen molar-refractivity contribution in [2.24, 2.45) is 11.3 Å². The highest BCUT2D eigenvalue weighted by atomic mass is 32.2. The molecule has 0 aromatic heterocycles. The normalized spacial score (nSPS) is 15.6. The molecule has 0 fully saturated rings. The SMILES string of the molecule is CCCCC(CC)(CCS(=O)(=O)C(C)C)CNCC(C)C. The molecule has 4 heteroatoms. The van der Waals surface area contributed by atoms with E-state index in [2.05, 4.69) is 33.0 Å². The Bertz CT molecular complexity index is 363. The molecular weight excluding hydrogens is 282 g/mol. The average Bonchev–Trinajstić information content (AvgIpc) is 2.41. The van der Waals surface area contributed by atoms with E-state index in [0.29, 0.717) is 11.7 Å². The molecule has 0 spiro atoms. The summed E-state index contributed by atoms with van der Waals surface area (Å²) in [6, 6.07) is 0. The van der Waals surface area contributed by atoms with Crippen LogP contribution in [0.25, 0.3) is 0 Å². The van der Waals surface area contributed by atoms with Gasteiger partial charge < -0.3 is 5.32 Å². The summed E-state index contributed by atoms with van der Waals surface area (Å²) in [6.07, 6.45) is 5.31. The standard InChI is InChI=1S/C17H37NO2S/c1-7-9-10-17(8-2,14-18-13-15(3)4)11-12-21(19,20)16(5)6/h15-16,18H,7-14H2,1-6H3. The third-order valence-electron chi connectivity index (χ3n) is 4.50. The lowest BCUT2D eigenvalue weighted by atomic mass is 9.77. The van der Waals surface area contributed by atoms with E-state index in [1.54, 1.807) is 13.8 Å². The molecule has 0 radical (unpaired) electrons. The van der Waals surface area contributed by atoms with E-state index >= 15 is 0 Å². The molecule has 3 nitrogen and oxygen atoms in total. The van der Waals surface area contributed by atoms with Crippen LogP contribution in [0.2, 0.25) is 0 Å². The number of sulfone groups is 1. The molecule has 0 aliphatic carbocycles. The van der Waals surface area contributed by atoms with E-state index in [0.717, 1.165) is 32.4 Å². The zero-order valence-corrected chi connectivity index (χ0v) is 15.9. The van der Waals surface area contributed by atoms with Gasteiger partial charge in [0.1, 0.15) is 0 Å². The van der Waals surface area contributed by atoms with E-state index in [-0.39, 0.29) is 10.7 Å². The van der Waals surface area contributed by atoms with Gasteiger partial charge in [0.15, 0.2) is 9.84 Å². The summed E-state index contributed by atoms with van der Waals surface area (Å²) in [5.74, 6) is 0.955. The van der Waals surface area contributed by atoms with Crippen LogP contribution in [-0.4, -0.2) is 32.5 Å². The fourth-order valence-electron chi connectivity index (χ4n) is 2.55. The lowest BCUT2D eigenvalue weighted by molar-refractivity contribution is 0.219. The molecule has 0 aliphatic rings. The van der Waals surface area contributed by atoms with E-state index < -0.39 is 9.84 Å². The molecule has 0 aromatic rings. The van der Waals surface area contributed by atoms with Gasteiger partial charge in [-0.25, -0.2) is 8.42 Å². The molecule has 0 aromatic carbocycles. The van der Waals surface area contributed by atoms with Gasteiger partial charge in [0.2, 0.25) is 0 Å². The van der Waals surface area contributed by atoms with Crippen molar-refractivity contribution in [2.75, 3.05) is 18.8 Å². The molecule has 0 aliphatic heterocycles. The molecular formula is C17H37NO2S. The Morgan fingerprint density at radius 1 is 1.05 bits per heavy atom. The lowest BCUT2D eigenvalue weighted by Crippen LogP contribution is -2.37. The maximum absolute atomic E-state index is 12.1. The fraction of sp³-hybridized carbons (Fsp3) is 1.00. The molecule has 0 amide bonds.